The van der Waals surface area contributed by atoms with Crippen LogP contribution >= 0.6 is 0 Å². The minimum Gasteiger partial charge on any atom is -0.354 e. The average Bonchev–Trinajstić information content (AvgIpc) is 2.54. The Morgan fingerprint density at radius 1 is 1.00 bits per heavy atom. The average molecular weight is 321 g/mol. The van der Waals surface area contributed by atoms with Crippen molar-refractivity contribution in [2.75, 3.05) is 31.1 Å². The van der Waals surface area contributed by atoms with E-state index in [0.29, 0.717) is 37.6 Å². The highest BCUT2D eigenvalue weighted by molar-refractivity contribution is 5.38. The van der Waals surface area contributed by atoms with Crippen LogP contribution in [-0.2, 0) is 0 Å². The molecule has 2 aromatic rings. The van der Waals surface area contributed by atoms with Crippen LogP contribution in [0.15, 0.2) is 36.4 Å². The van der Waals surface area contributed by atoms with E-state index < -0.39 is 17.6 Å². The van der Waals surface area contributed by atoms with Crippen molar-refractivity contribution in [1.29, 1.82) is 0 Å². The number of hydrogen-bond donors (Lipinski definition) is 0. The van der Waals surface area contributed by atoms with Gasteiger partial charge in [-0.05, 0) is 25.1 Å². The van der Waals surface area contributed by atoms with E-state index in [1.165, 1.54) is 18.2 Å². The minimum absolute atomic E-state index is 0.141. The zero-order valence-electron chi connectivity index (χ0n) is 12.8. The molecule has 1 aromatic heterocycles. The van der Waals surface area contributed by atoms with Gasteiger partial charge in [-0.25, -0.2) is 13.8 Å². The van der Waals surface area contributed by atoms with Crippen molar-refractivity contribution in [3.05, 3.63) is 59.5 Å². The monoisotopic (exact) mass is 321 g/mol. The lowest BCUT2D eigenvalue weighted by molar-refractivity contribution is 0.194. The smallest absolute Gasteiger partial charge is 0.214 e. The summed E-state index contributed by atoms with van der Waals surface area (Å²) in [6.07, 6.45) is 0. The number of hydrogen-bond acceptors (Lipinski definition) is 3. The van der Waals surface area contributed by atoms with Gasteiger partial charge in [0, 0.05) is 43.9 Å². The van der Waals surface area contributed by atoms with Gasteiger partial charge >= 0.3 is 0 Å². The molecule has 6 heteroatoms. The molecule has 3 nitrogen and oxygen atoms in total. The first-order valence-electron chi connectivity index (χ1n) is 7.61. The molecule has 1 aliphatic rings. The minimum atomic E-state index is -0.569. The van der Waals surface area contributed by atoms with E-state index in [1.54, 1.807) is 12.1 Å². The predicted octanol–water partition coefficient (Wildman–Crippen LogP) is 3.38. The van der Waals surface area contributed by atoms with Gasteiger partial charge in [-0.2, -0.15) is 4.39 Å². The van der Waals surface area contributed by atoms with E-state index in [-0.39, 0.29) is 6.04 Å². The van der Waals surface area contributed by atoms with Gasteiger partial charge in [-0.15, -0.1) is 0 Å². The fraction of sp³-hybridized carbons (Fsp3) is 0.353. The Balaban J connectivity index is 1.66. The zero-order chi connectivity index (χ0) is 16.4. The van der Waals surface area contributed by atoms with E-state index in [1.807, 2.05) is 11.8 Å². The Hall–Kier alpha value is -2.08. The molecule has 1 aliphatic heterocycles. The molecule has 0 bridgehead atoms. The topological polar surface area (TPSA) is 19.4 Å². The number of aromatic nitrogens is 1. The van der Waals surface area contributed by atoms with Gasteiger partial charge in [-0.3, -0.25) is 4.90 Å². The van der Waals surface area contributed by atoms with Gasteiger partial charge in [-0.1, -0.05) is 12.1 Å². The lowest BCUT2D eigenvalue weighted by atomic mass is 10.1. The van der Waals surface area contributed by atoms with Crippen molar-refractivity contribution < 1.29 is 13.2 Å². The molecule has 1 atom stereocenters. The van der Waals surface area contributed by atoms with E-state index >= 15 is 0 Å². The molecule has 0 N–H and O–H groups in total. The van der Waals surface area contributed by atoms with Gasteiger partial charge in [0.2, 0.25) is 5.95 Å². The Morgan fingerprint density at radius 3 is 2.39 bits per heavy atom. The number of pyridine rings is 1. The van der Waals surface area contributed by atoms with Crippen LogP contribution in [0.2, 0.25) is 0 Å². The van der Waals surface area contributed by atoms with Crippen molar-refractivity contribution in [1.82, 2.24) is 9.88 Å². The zero-order valence-corrected chi connectivity index (χ0v) is 12.8. The summed E-state index contributed by atoms with van der Waals surface area (Å²) >= 11 is 0. The standard InChI is InChI=1S/C17H18F3N3/c1-12(14-6-5-13(18)11-15(14)19)22-7-9-23(10-8-22)17-4-2-3-16(20)21-17/h2-6,11-12H,7-10H2,1H3. The SMILES string of the molecule is CC(c1ccc(F)cc1F)N1CCN(c2cccc(F)n2)CC1. The molecular weight excluding hydrogens is 303 g/mol. The summed E-state index contributed by atoms with van der Waals surface area (Å²) in [5.74, 6) is -0.968. The second-order valence-electron chi connectivity index (χ2n) is 5.68. The molecular formula is C17H18F3N3. The Labute approximate surface area is 133 Å². The summed E-state index contributed by atoms with van der Waals surface area (Å²) in [6, 6.07) is 8.29. The van der Waals surface area contributed by atoms with Gasteiger partial charge in [0.25, 0.3) is 0 Å². The van der Waals surface area contributed by atoms with Gasteiger partial charge in [0.05, 0.1) is 0 Å². The first kappa shape index (κ1) is 15.8. The molecule has 0 spiro atoms. The fourth-order valence-corrected chi connectivity index (χ4v) is 2.95. The third-order valence-electron chi connectivity index (χ3n) is 4.30. The molecule has 122 valence electrons. The lowest BCUT2D eigenvalue weighted by Crippen LogP contribution is -2.47. The molecule has 1 unspecified atom stereocenters. The van der Waals surface area contributed by atoms with E-state index in [9.17, 15) is 13.2 Å². The van der Waals surface area contributed by atoms with Crippen molar-refractivity contribution in [3.63, 3.8) is 0 Å². The van der Waals surface area contributed by atoms with Crippen LogP contribution in [0.25, 0.3) is 0 Å². The molecule has 1 saturated heterocycles. The molecule has 0 radical (unpaired) electrons. The van der Waals surface area contributed by atoms with Crippen molar-refractivity contribution >= 4 is 5.82 Å². The van der Waals surface area contributed by atoms with Gasteiger partial charge < -0.3 is 4.90 Å². The number of anilines is 1. The molecule has 3 rings (SSSR count). The summed E-state index contributed by atoms with van der Waals surface area (Å²) in [7, 11) is 0. The fourth-order valence-electron chi connectivity index (χ4n) is 2.95. The predicted molar refractivity (Wildman–Crippen MR) is 82.8 cm³/mol. The molecule has 1 aromatic carbocycles. The number of rotatable bonds is 3. The van der Waals surface area contributed by atoms with Crippen molar-refractivity contribution in [3.8, 4) is 0 Å². The Morgan fingerprint density at radius 2 is 1.74 bits per heavy atom. The van der Waals surface area contributed by atoms with Crippen LogP contribution in [0.1, 0.15) is 18.5 Å². The lowest BCUT2D eigenvalue weighted by Gasteiger charge is -2.38. The van der Waals surface area contributed by atoms with Gasteiger partial charge in [0.1, 0.15) is 17.5 Å². The third kappa shape index (κ3) is 3.47. The summed E-state index contributed by atoms with van der Waals surface area (Å²) in [5, 5.41) is 0. The van der Waals surface area contributed by atoms with E-state index in [4.69, 9.17) is 0 Å². The highest BCUT2D eigenvalue weighted by Gasteiger charge is 2.24. The highest BCUT2D eigenvalue weighted by atomic mass is 19.1. The molecule has 0 amide bonds. The number of halogens is 3. The quantitative estimate of drug-likeness (QED) is 0.808. The van der Waals surface area contributed by atoms with Crippen molar-refractivity contribution in [2.45, 2.75) is 13.0 Å². The largest absolute Gasteiger partial charge is 0.354 e. The van der Waals surface area contributed by atoms with Crippen LogP contribution in [0.5, 0.6) is 0 Å². The second-order valence-corrected chi connectivity index (χ2v) is 5.68. The first-order chi connectivity index (χ1) is 11.0. The number of piperazine rings is 1. The maximum Gasteiger partial charge on any atom is 0.214 e. The maximum absolute atomic E-state index is 13.9. The van der Waals surface area contributed by atoms with Crippen LogP contribution in [0.4, 0.5) is 19.0 Å². The molecule has 1 fully saturated rings. The molecule has 0 aliphatic carbocycles. The van der Waals surface area contributed by atoms with Crippen LogP contribution < -0.4 is 4.90 Å². The number of benzene rings is 1. The summed E-state index contributed by atoms with van der Waals surface area (Å²) in [5.41, 5.74) is 0.490. The summed E-state index contributed by atoms with van der Waals surface area (Å²) in [6.45, 7) is 4.69. The molecule has 2 heterocycles. The van der Waals surface area contributed by atoms with E-state index in [2.05, 4.69) is 9.88 Å². The van der Waals surface area contributed by atoms with Crippen LogP contribution in [0.3, 0.4) is 0 Å². The van der Waals surface area contributed by atoms with E-state index in [0.717, 1.165) is 6.07 Å². The van der Waals surface area contributed by atoms with Crippen LogP contribution in [-0.4, -0.2) is 36.1 Å². The highest BCUT2D eigenvalue weighted by Crippen LogP contribution is 2.25. The van der Waals surface area contributed by atoms with Gasteiger partial charge in [0.15, 0.2) is 0 Å². The Kier molecular flexibility index (Phi) is 4.52. The van der Waals surface area contributed by atoms with Crippen LogP contribution in [0, 0.1) is 17.6 Å². The second kappa shape index (κ2) is 6.58. The summed E-state index contributed by atoms with van der Waals surface area (Å²) in [4.78, 5) is 8.03. The van der Waals surface area contributed by atoms with Crippen molar-refractivity contribution in [2.24, 2.45) is 0 Å². The normalized spacial score (nSPS) is 17.3. The Bertz CT molecular complexity index is 685. The molecule has 23 heavy (non-hydrogen) atoms. The number of nitrogens with zero attached hydrogens (tertiary/aromatic N) is 3. The first-order valence-corrected chi connectivity index (χ1v) is 7.61. The molecule has 0 saturated carbocycles. The summed E-state index contributed by atoms with van der Waals surface area (Å²) < 4.78 is 40.1. The maximum atomic E-state index is 13.9. The third-order valence-corrected chi connectivity index (χ3v) is 4.30.